The molecule has 0 nitrogen and oxygen atoms in total. The normalized spacial score (nSPS) is 8.10. The van der Waals surface area contributed by atoms with Gasteiger partial charge in [0.25, 0.3) is 0 Å². The number of hydrogen-bond donors (Lipinski definition) is 0. The Morgan fingerprint density at radius 3 is 2.30 bits per heavy atom. The Labute approximate surface area is 76.3 Å². The van der Waals surface area contributed by atoms with Crippen LogP contribution in [-0.2, 0) is 17.3 Å². The summed E-state index contributed by atoms with van der Waals surface area (Å²) in [6, 6.07) is 9.12. The molecular weight excluding hydrogens is 197 g/mol. The summed E-state index contributed by atoms with van der Waals surface area (Å²) < 4.78 is 0. The molecule has 1 aromatic rings. The van der Waals surface area contributed by atoms with Crippen LogP contribution in [-0.4, -0.2) is 0 Å². The van der Waals surface area contributed by atoms with Crippen LogP contribution in [0.5, 0.6) is 0 Å². The molecule has 0 aliphatic rings. The van der Waals surface area contributed by atoms with E-state index in [4.69, 9.17) is 9.69 Å². The van der Waals surface area contributed by atoms with Crippen molar-refractivity contribution in [2.75, 3.05) is 0 Å². The molecular formula is C8H9ClZn. The van der Waals surface area contributed by atoms with Crippen molar-refractivity contribution in [1.82, 2.24) is 0 Å². The molecule has 0 heterocycles. The molecule has 0 atom stereocenters. The predicted molar refractivity (Wildman–Crippen MR) is 40.6 cm³/mol. The zero-order valence-electron chi connectivity index (χ0n) is 6.32. The fourth-order valence-corrected chi connectivity index (χ4v) is 0.604. The summed E-state index contributed by atoms with van der Waals surface area (Å²) in [5.41, 5.74) is 2.56. The van der Waals surface area contributed by atoms with Gasteiger partial charge in [0.05, 0.1) is 0 Å². The Balaban J connectivity index is 0.000000371. The van der Waals surface area contributed by atoms with E-state index in [0.29, 0.717) is 0 Å². The van der Waals surface area contributed by atoms with Gasteiger partial charge in [-0.3, -0.25) is 0 Å². The maximum atomic E-state index is 4.76. The number of aryl methyl sites for hydroxylation is 2. The van der Waals surface area contributed by atoms with E-state index >= 15 is 0 Å². The van der Waals surface area contributed by atoms with E-state index in [9.17, 15) is 0 Å². The molecule has 10 heavy (non-hydrogen) atoms. The topological polar surface area (TPSA) is 0 Å². The first kappa shape index (κ1) is 10.1. The summed E-state index contributed by atoms with van der Waals surface area (Å²) in [6.45, 7) is 4.15. The van der Waals surface area contributed by atoms with Crippen molar-refractivity contribution in [2.24, 2.45) is 0 Å². The van der Waals surface area contributed by atoms with Gasteiger partial charge >= 0.3 is 27.0 Å². The minimum absolute atomic E-state index is 0.847. The van der Waals surface area contributed by atoms with Gasteiger partial charge in [-0.1, -0.05) is 13.8 Å². The Bertz CT molecular complexity index is 165. The molecule has 0 unspecified atom stereocenters. The number of rotatable bonds is 0. The van der Waals surface area contributed by atoms with Gasteiger partial charge in [0.15, 0.2) is 0 Å². The molecule has 0 fully saturated rings. The standard InChI is InChI=1S/C8H9.ClH.Zn/c1-7-5-3-4-6-8(7)2;;/h3-5H,1-2H3;1H;/q-1;;+2/p-1. The van der Waals surface area contributed by atoms with Crippen LogP contribution in [0.15, 0.2) is 18.2 Å². The Morgan fingerprint density at radius 2 is 2.00 bits per heavy atom. The zero-order chi connectivity index (χ0) is 7.98. The van der Waals surface area contributed by atoms with Gasteiger partial charge < -0.3 is 0 Å². The molecule has 0 saturated carbocycles. The van der Waals surface area contributed by atoms with E-state index in [1.807, 2.05) is 12.1 Å². The molecule has 0 aliphatic heterocycles. The molecule has 0 bridgehead atoms. The van der Waals surface area contributed by atoms with E-state index in [2.05, 4.69) is 26.0 Å². The first-order valence-corrected chi connectivity index (χ1v) is 6.91. The molecule has 0 saturated heterocycles. The van der Waals surface area contributed by atoms with Gasteiger partial charge in [0.2, 0.25) is 0 Å². The van der Waals surface area contributed by atoms with Gasteiger partial charge in [0.1, 0.15) is 0 Å². The Morgan fingerprint density at radius 1 is 1.40 bits per heavy atom. The summed E-state index contributed by atoms with van der Waals surface area (Å²) in [5, 5.41) is 0. The summed E-state index contributed by atoms with van der Waals surface area (Å²) in [5.74, 6) is 0. The molecule has 0 spiro atoms. The van der Waals surface area contributed by atoms with Crippen molar-refractivity contribution in [3.05, 3.63) is 35.4 Å². The van der Waals surface area contributed by atoms with E-state index in [1.54, 1.807) is 0 Å². The average Bonchev–Trinajstić information content (AvgIpc) is 2.00. The Hall–Kier alpha value is 0.133. The average molecular weight is 206 g/mol. The van der Waals surface area contributed by atoms with Gasteiger partial charge in [-0.25, -0.2) is 0 Å². The van der Waals surface area contributed by atoms with Crippen molar-refractivity contribution in [1.29, 1.82) is 0 Å². The zero-order valence-corrected chi connectivity index (χ0v) is 10.0. The molecule has 0 N–H and O–H groups in total. The fraction of sp³-hybridized carbons (Fsp3) is 0.250. The number of hydrogen-bond acceptors (Lipinski definition) is 0. The summed E-state index contributed by atoms with van der Waals surface area (Å²) >= 11 is 0.847. The quantitative estimate of drug-likeness (QED) is 0.452. The molecule has 50 valence electrons. The SMILES string of the molecule is Cc1[c-]cccc1C.[Cl][Zn+]. The van der Waals surface area contributed by atoms with Gasteiger partial charge in [-0.05, 0) is 0 Å². The van der Waals surface area contributed by atoms with Crippen molar-refractivity contribution in [3.8, 4) is 0 Å². The van der Waals surface area contributed by atoms with Gasteiger partial charge in [-0.2, -0.15) is 35.4 Å². The third kappa shape index (κ3) is 3.34. The molecule has 1 aromatic carbocycles. The second-order valence-electron chi connectivity index (χ2n) is 1.98. The molecule has 1 rings (SSSR count). The third-order valence-electron chi connectivity index (χ3n) is 1.33. The van der Waals surface area contributed by atoms with E-state index in [1.165, 1.54) is 11.1 Å². The van der Waals surface area contributed by atoms with Crippen LogP contribution in [0.2, 0.25) is 0 Å². The number of halogens is 1. The van der Waals surface area contributed by atoms with E-state index in [0.717, 1.165) is 17.3 Å². The van der Waals surface area contributed by atoms with E-state index < -0.39 is 0 Å². The summed E-state index contributed by atoms with van der Waals surface area (Å²) in [6.07, 6.45) is 0. The summed E-state index contributed by atoms with van der Waals surface area (Å²) in [4.78, 5) is 0. The second-order valence-corrected chi connectivity index (χ2v) is 1.98. The molecule has 0 aliphatic carbocycles. The molecule has 0 amide bonds. The van der Waals surface area contributed by atoms with Crippen LogP contribution < -0.4 is 0 Å². The van der Waals surface area contributed by atoms with E-state index in [-0.39, 0.29) is 0 Å². The third-order valence-corrected chi connectivity index (χ3v) is 1.33. The maximum absolute atomic E-state index is 4.76. The molecule has 0 radical (unpaired) electrons. The Kier molecular flexibility index (Phi) is 5.96. The van der Waals surface area contributed by atoms with Gasteiger partial charge in [-0.15, -0.1) is 0 Å². The monoisotopic (exact) mass is 204 g/mol. The molecule has 2 heteroatoms. The van der Waals surface area contributed by atoms with Crippen LogP contribution in [0.1, 0.15) is 11.1 Å². The minimum atomic E-state index is 0.847. The molecule has 0 aromatic heterocycles. The second kappa shape index (κ2) is 5.88. The first-order chi connectivity index (χ1) is 4.80. The summed E-state index contributed by atoms with van der Waals surface area (Å²) in [7, 11) is 4.76. The van der Waals surface area contributed by atoms with Crippen LogP contribution >= 0.6 is 9.69 Å². The fourth-order valence-electron chi connectivity index (χ4n) is 0.604. The van der Waals surface area contributed by atoms with Crippen LogP contribution in [0.3, 0.4) is 0 Å². The van der Waals surface area contributed by atoms with Crippen LogP contribution in [0.25, 0.3) is 0 Å². The van der Waals surface area contributed by atoms with Crippen LogP contribution in [0.4, 0.5) is 0 Å². The van der Waals surface area contributed by atoms with Crippen molar-refractivity contribution in [3.63, 3.8) is 0 Å². The predicted octanol–water partition coefficient (Wildman–Crippen LogP) is 2.79. The van der Waals surface area contributed by atoms with Crippen molar-refractivity contribution >= 4 is 9.69 Å². The first-order valence-electron chi connectivity index (χ1n) is 3.01. The van der Waals surface area contributed by atoms with Crippen LogP contribution in [0, 0.1) is 19.9 Å². The number of benzene rings is 1. The van der Waals surface area contributed by atoms with Gasteiger partial charge in [0, 0.05) is 0 Å². The van der Waals surface area contributed by atoms with Crippen molar-refractivity contribution in [2.45, 2.75) is 13.8 Å². The van der Waals surface area contributed by atoms with Crippen molar-refractivity contribution < 1.29 is 17.3 Å².